The lowest BCUT2D eigenvalue weighted by molar-refractivity contribution is -0.0479. The topological polar surface area (TPSA) is 114 Å². The molecule has 0 bridgehead atoms. The molecule has 1 fully saturated rings. The van der Waals surface area contributed by atoms with Gasteiger partial charge in [0.05, 0.1) is 0 Å². The first-order valence-corrected chi connectivity index (χ1v) is 11.5. The van der Waals surface area contributed by atoms with Crippen LogP contribution in [0.4, 0.5) is 9.59 Å². The van der Waals surface area contributed by atoms with E-state index in [9.17, 15) is 9.59 Å². The lowest BCUT2D eigenvalue weighted by Gasteiger charge is -2.34. The van der Waals surface area contributed by atoms with E-state index in [1.807, 2.05) is 0 Å². The van der Waals surface area contributed by atoms with Crippen LogP contribution < -0.4 is 28.4 Å². The van der Waals surface area contributed by atoms with E-state index in [2.05, 4.69) is 0 Å². The summed E-state index contributed by atoms with van der Waals surface area (Å²) in [7, 11) is 0. The summed E-state index contributed by atoms with van der Waals surface area (Å²) in [5.41, 5.74) is 0. The zero-order valence-electron chi connectivity index (χ0n) is 19.8. The molecule has 0 aromatic heterocycles. The summed E-state index contributed by atoms with van der Waals surface area (Å²) in [6, 6.07) is 10.2. The molecule has 1 saturated heterocycles. The number of carbonyl (C=O) groups is 2. The molecule has 2 atom stereocenters. The number of hydrogen-bond acceptors (Lipinski definition) is 10. The first-order valence-electron chi connectivity index (χ1n) is 11.5. The predicted octanol–water partition coefficient (Wildman–Crippen LogP) is 3.18. The van der Waals surface area contributed by atoms with E-state index in [0.717, 1.165) is 0 Å². The van der Waals surface area contributed by atoms with E-state index in [1.54, 1.807) is 50.2 Å². The Labute approximate surface area is 207 Å². The fourth-order valence-electron chi connectivity index (χ4n) is 3.84. The lowest BCUT2D eigenvalue weighted by Crippen LogP contribution is -2.51. The average molecular weight is 502 g/mol. The number of benzene rings is 2. The smallest absolute Gasteiger partial charge is 0.412 e. The molecule has 192 valence electrons. The molecule has 3 aliphatic heterocycles. The van der Waals surface area contributed by atoms with Crippen LogP contribution in [0.1, 0.15) is 13.8 Å². The number of piperazine rings is 1. The number of nitrogens with zero attached hydrogens (tertiary/aromatic N) is 2. The Morgan fingerprint density at radius 1 is 0.667 bits per heavy atom. The standard InChI is InChI=1S/C24H26N2O10/c1-15(33-17-3-5-19-21(11-17)31-13-29-19)35-23(27)25-7-9-26(10-8-25)24(28)36-16(2)34-18-4-6-20-22(12-18)32-14-30-20/h3-6,11-12,15-16H,7-10,13-14H2,1-2H3/t15-,16-/m1/s1. The Hall–Kier alpha value is -4.22. The number of carbonyl (C=O) groups excluding carboxylic acids is 2. The minimum absolute atomic E-state index is 0.161. The van der Waals surface area contributed by atoms with Gasteiger partial charge in [-0.05, 0) is 24.3 Å². The van der Waals surface area contributed by atoms with Gasteiger partial charge in [-0.25, -0.2) is 9.59 Å². The number of hydrogen-bond donors (Lipinski definition) is 0. The minimum atomic E-state index is -0.824. The average Bonchev–Trinajstić information content (AvgIpc) is 3.52. The molecule has 2 aromatic carbocycles. The van der Waals surface area contributed by atoms with Gasteiger partial charge in [-0.3, -0.25) is 0 Å². The zero-order valence-corrected chi connectivity index (χ0v) is 19.8. The van der Waals surface area contributed by atoms with Gasteiger partial charge in [0.2, 0.25) is 26.2 Å². The molecule has 36 heavy (non-hydrogen) atoms. The molecule has 2 amide bonds. The van der Waals surface area contributed by atoms with E-state index < -0.39 is 24.8 Å². The molecule has 5 rings (SSSR count). The van der Waals surface area contributed by atoms with Crippen molar-refractivity contribution in [2.45, 2.75) is 26.4 Å². The maximum Gasteiger partial charge on any atom is 0.412 e. The van der Waals surface area contributed by atoms with Crippen molar-refractivity contribution in [1.82, 2.24) is 9.80 Å². The second kappa shape index (κ2) is 10.2. The summed E-state index contributed by atoms with van der Waals surface area (Å²) in [5.74, 6) is 3.40. The Morgan fingerprint density at radius 2 is 1.06 bits per heavy atom. The summed E-state index contributed by atoms with van der Waals surface area (Å²) in [6.45, 7) is 4.74. The Balaban J connectivity index is 1.04. The van der Waals surface area contributed by atoms with Crippen molar-refractivity contribution >= 4 is 12.2 Å². The second-order valence-corrected chi connectivity index (χ2v) is 8.14. The number of fused-ring (bicyclic) bond motifs is 2. The quantitative estimate of drug-likeness (QED) is 0.546. The number of amides is 2. The van der Waals surface area contributed by atoms with Gasteiger partial charge in [0, 0.05) is 52.2 Å². The molecule has 12 heteroatoms. The van der Waals surface area contributed by atoms with Crippen LogP contribution in [0, 0.1) is 0 Å². The highest BCUT2D eigenvalue weighted by Crippen LogP contribution is 2.36. The van der Waals surface area contributed by atoms with E-state index >= 15 is 0 Å². The fourth-order valence-corrected chi connectivity index (χ4v) is 3.84. The Kier molecular flexibility index (Phi) is 6.65. The molecular formula is C24H26N2O10. The van der Waals surface area contributed by atoms with Gasteiger partial charge in [-0.1, -0.05) is 0 Å². The highest BCUT2D eigenvalue weighted by atomic mass is 16.7. The lowest BCUT2D eigenvalue weighted by atomic mass is 10.3. The van der Waals surface area contributed by atoms with Gasteiger partial charge in [0.25, 0.3) is 0 Å². The largest absolute Gasteiger partial charge is 0.455 e. The van der Waals surface area contributed by atoms with Crippen molar-refractivity contribution in [3.63, 3.8) is 0 Å². The van der Waals surface area contributed by atoms with E-state index in [0.29, 0.717) is 60.7 Å². The first kappa shape index (κ1) is 23.5. The van der Waals surface area contributed by atoms with Crippen molar-refractivity contribution in [3.05, 3.63) is 36.4 Å². The molecule has 3 heterocycles. The van der Waals surface area contributed by atoms with Gasteiger partial charge in [-0.2, -0.15) is 0 Å². The Morgan fingerprint density at radius 3 is 1.47 bits per heavy atom. The maximum absolute atomic E-state index is 12.5. The van der Waals surface area contributed by atoms with Crippen LogP contribution in [0.2, 0.25) is 0 Å². The molecule has 0 unspecified atom stereocenters. The molecule has 0 saturated carbocycles. The van der Waals surface area contributed by atoms with Crippen molar-refractivity contribution in [2.75, 3.05) is 39.8 Å². The normalized spacial score (nSPS) is 17.3. The monoisotopic (exact) mass is 502 g/mol. The van der Waals surface area contributed by atoms with Crippen molar-refractivity contribution in [1.29, 1.82) is 0 Å². The van der Waals surface area contributed by atoms with Crippen molar-refractivity contribution < 1.29 is 47.5 Å². The summed E-state index contributed by atoms with van der Waals surface area (Å²) in [6.07, 6.45) is -2.71. The SMILES string of the molecule is C[C@@H](OC(=O)N1CCN(C(=O)O[C@H](C)Oc2ccc3c(c2)OCO3)CC1)Oc1ccc2c(c1)OCO2. The second-order valence-electron chi connectivity index (χ2n) is 8.14. The summed E-state index contributed by atoms with van der Waals surface area (Å²) in [4.78, 5) is 28.1. The summed E-state index contributed by atoms with van der Waals surface area (Å²) >= 11 is 0. The molecule has 12 nitrogen and oxygen atoms in total. The molecule has 0 radical (unpaired) electrons. The van der Waals surface area contributed by atoms with E-state index in [4.69, 9.17) is 37.9 Å². The third-order valence-corrected chi connectivity index (χ3v) is 5.62. The fraction of sp³-hybridized carbons (Fsp3) is 0.417. The van der Waals surface area contributed by atoms with Crippen LogP contribution in [0.3, 0.4) is 0 Å². The van der Waals surface area contributed by atoms with E-state index in [-0.39, 0.29) is 13.6 Å². The van der Waals surface area contributed by atoms with Crippen LogP contribution in [-0.2, 0) is 9.47 Å². The molecule has 3 aliphatic rings. The van der Waals surface area contributed by atoms with Crippen LogP contribution >= 0.6 is 0 Å². The first-order chi connectivity index (χ1) is 17.4. The Bertz CT molecular complexity index is 1030. The molecule has 0 spiro atoms. The zero-order chi connectivity index (χ0) is 25.1. The maximum atomic E-state index is 12.5. The summed E-state index contributed by atoms with van der Waals surface area (Å²) < 4.78 is 43.3. The minimum Gasteiger partial charge on any atom is -0.455 e. The van der Waals surface area contributed by atoms with Crippen LogP contribution in [0.25, 0.3) is 0 Å². The van der Waals surface area contributed by atoms with Crippen LogP contribution in [0.5, 0.6) is 34.5 Å². The molecular weight excluding hydrogens is 476 g/mol. The molecule has 0 N–H and O–H groups in total. The molecule has 2 aromatic rings. The molecule has 0 aliphatic carbocycles. The summed E-state index contributed by atoms with van der Waals surface area (Å²) in [5, 5.41) is 0. The van der Waals surface area contributed by atoms with Gasteiger partial charge >= 0.3 is 12.2 Å². The van der Waals surface area contributed by atoms with Crippen molar-refractivity contribution in [3.8, 4) is 34.5 Å². The third-order valence-electron chi connectivity index (χ3n) is 5.62. The van der Waals surface area contributed by atoms with Gasteiger partial charge in [0.15, 0.2) is 23.0 Å². The number of rotatable bonds is 6. The van der Waals surface area contributed by atoms with E-state index in [1.165, 1.54) is 9.80 Å². The predicted molar refractivity (Wildman–Crippen MR) is 121 cm³/mol. The van der Waals surface area contributed by atoms with Gasteiger partial charge in [-0.15, -0.1) is 0 Å². The van der Waals surface area contributed by atoms with Gasteiger partial charge < -0.3 is 47.7 Å². The van der Waals surface area contributed by atoms with Crippen LogP contribution in [0.15, 0.2) is 36.4 Å². The number of ether oxygens (including phenoxy) is 8. The van der Waals surface area contributed by atoms with Crippen LogP contribution in [-0.4, -0.2) is 74.3 Å². The third kappa shape index (κ3) is 5.37. The van der Waals surface area contributed by atoms with Crippen molar-refractivity contribution in [2.24, 2.45) is 0 Å². The van der Waals surface area contributed by atoms with Gasteiger partial charge in [0.1, 0.15) is 11.5 Å². The highest BCUT2D eigenvalue weighted by molar-refractivity contribution is 5.70. The highest BCUT2D eigenvalue weighted by Gasteiger charge is 2.28.